The lowest BCUT2D eigenvalue weighted by molar-refractivity contribution is 0.287. The zero-order chi connectivity index (χ0) is 32.3. The Morgan fingerprint density at radius 2 is 1.61 bits per heavy atom. The van der Waals surface area contributed by atoms with Gasteiger partial charge in [0.05, 0.1) is 11.4 Å². The highest BCUT2D eigenvalue weighted by Crippen LogP contribution is 2.54. The molecule has 3 nitrogen and oxygen atoms in total. The fraction of sp³-hybridized carbons (Fsp3) is 0.156. The number of nitrogens with zero attached hydrogens (tertiary/aromatic N) is 1. The largest absolute Gasteiger partial charge is 0.464 e. The van der Waals surface area contributed by atoms with Crippen molar-refractivity contribution < 1.29 is 4.74 Å². The van der Waals surface area contributed by atoms with Crippen LogP contribution in [0.2, 0.25) is 0 Å². The molecule has 0 spiro atoms. The average molecular weight is 653 g/mol. The molecular weight excluding hydrogens is 617 g/mol. The van der Waals surface area contributed by atoms with Crippen LogP contribution in [0.4, 0.5) is 17.1 Å². The van der Waals surface area contributed by atoms with E-state index < -0.39 is 0 Å². The molecule has 5 aliphatic rings. The van der Waals surface area contributed by atoms with Crippen LogP contribution in [0.3, 0.4) is 0 Å². The van der Waals surface area contributed by atoms with Crippen LogP contribution in [0.25, 0.3) is 33.5 Å². The van der Waals surface area contributed by atoms with E-state index in [1.54, 1.807) is 0 Å². The van der Waals surface area contributed by atoms with E-state index in [2.05, 4.69) is 150 Å². The van der Waals surface area contributed by atoms with E-state index in [0.29, 0.717) is 5.25 Å². The van der Waals surface area contributed by atoms with E-state index in [0.717, 1.165) is 43.5 Å². The van der Waals surface area contributed by atoms with E-state index in [4.69, 9.17) is 4.74 Å². The van der Waals surface area contributed by atoms with Crippen molar-refractivity contribution in [3.05, 3.63) is 161 Å². The molecule has 0 saturated heterocycles. The molecule has 49 heavy (non-hydrogen) atoms. The molecule has 0 saturated carbocycles. The van der Waals surface area contributed by atoms with Crippen molar-refractivity contribution in [2.24, 2.45) is 0 Å². The number of rotatable bonds is 5. The molecular formula is C45H36N2OS. The second-order valence-corrected chi connectivity index (χ2v) is 14.7. The Morgan fingerprint density at radius 3 is 2.49 bits per heavy atom. The zero-order valence-corrected chi connectivity index (χ0v) is 28.0. The Bertz CT molecular complexity index is 2290. The molecule has 0 bridgehead atoms. The third-order valence-electron chi connectivity index (χ3n) is 10.6. The maximum atomic E-state index is 6.79. The Balaban J connectivity index is 1.12. The van der Waals surface area contributed by atoms with Crippen molar-refractivity contribution in [2.45, 2.75) is 48.5 Å². The Kier molecular flexibility index (Phi) is 6.90. The third kappa shape index (κ3) is 4.89. The number of thioether (sulfide) groups is 1. The van der Waals surface area contributed by atoms with Crippen LogP contribution in [0.15, 0.2) is 150 Å². The van der Waals surface area contributed by atoms with Gasteiger partial charge in [0.15, 0.2) is 12.0 Å². The number of anilines is 3. The fourth-order valence-electron chi connectivity index (χ4n) is 8.12. The van der Waals surface area contributed by atoms with Gasteiger partial charge in [0.2, 0.25) is 0 Å². The first-order valence-electron chi connectivity index (χ1n) is 17.5. The molecule has 2 atom stereocenters. The van der Waals surface area contributed by atoms with Gasteiger partial charge >= 0.3 is 0 Å². The SMILES string of the molecule is C1=CCCC(C2Nc3ccc4ccc5c(c4c3O2)C=C(N(c2ccc(-c3ccccc3)cc2)c2cccc3c2SC2CC=CC=C32)CC5)=C1. The Labute approximate surface area is 292 Å². The minimum Gasteiger partial charge on any atom is -0.464 e. The lowest BCUT2D eigenvalue weighted by atomic mass is 9.89. The quantitative estimate of drug-likeness (QED) is 0.204. The number of fused-ring (bicyclic) bond motifs is 8. The molecule has 1 N–H and O–H groups in total. The summed E-state index contributed by atoms with van der Waals surface area (Å²) < 4.78 is 6.79. The first-order chi connectivity index (χ1) is 24.3. The standard InChI is InChI=1S/C45H36N2OS/c1-3-10-29(11-4-1)30-20-24-34(25-21-30)47(40-16-9-15-37-36-14-7-8-17-41(36)49-44(37)40)35-26-22-31-18-19-32-23-27-39-43(42(32)38(31)28-35)48-45(46-39)33-12-5-2-6-13-33/h1-5,7-12,14-16,18-21,23-25,27-28,41,45-46H,6,13,17,22,26H2. The van der Waals surface area contributed by atoms with Crippen molar-refractivity contribution in [1.29, 1.82) is 0 Å². The highest BCUT2D eigenvalue weighted by atomic mass is 32.2. The highest BCUT2D eigenvalue weighted by molar-refractivity contribution is 8.01. The van der Waals surface area contributed by atoms with Crippen molar-refractivity contribution in [2.75, 3.05) is 10.2 Å². The van der Waals surface area contributed by atoms with E-state index in [1.165, 1.54) is 71.7 Å². The van der Waals surface area contributed by atoms with Gasteiger partial charge in [-0.05, 0) is 107 Å². The maximum Gasteiger partial charge on any atom is 0.192 e. The molecule has 10 rings (SSSR count). The van der Waals surface area contributed by atoms with Crippen LogP contribution >= 0.6 is 11.8 Å². The second kappa shape index (κ2) is 11.7. The average Bonchev–Trinajstić information content (AvgIpc) is 3.78. The fourth-order valence-corrected chi connectivity index (χ4v) is 9.54. The number of benzene rings is 5. The van der Waals surface area contributed by atoms with Gasteiger partial charge in [-0.2, -0.15) is 0 Å². The molecule has 0 fully saturated rings. The summed E-state index contributed by atoms with van der Waals surface area (Å²) in [5.74, 6) is 0.978. The Morgan fingerprint density at radius 1 is 0.755 bits per heavy atom. The van der Waals surface area contributed by atoms with Crippen molar-refractivity contribution in [1.82, 2.24) is 0 Å². The molecule has 2 heterocycles. The summed E-state index contributed by atoms with van der Waals surface area (Å²) in [4.78, 5) is 3.92. The summed E-state index contributed by atoms with van der Waals surface area (Å²) in [6.07, 6.45) is 20.9. The second-order valence-electron chi connectivity index (χ2n) is 13.5. The van der Waals surface area contributed by atoms with Gasteiger partial charge in [-0.1, -0.05) is 109 Å². The van der Waals surface area contributed by atoms with E-state index in [1.807, 2.05) is 11.8 Å². The topological polar surface area (TPSA) is 24.5 Å². The van der Waals surface area contributed by atoms with E-state index in [-0.39, 0.29) is 6.23 Å². The summed E-state index contributed by atoms with van der Waals surface area (Å²) in [6.45, 7) is 0. The van der Waals surface area contributed by atoms with E-state index >= 15 is 0 Å². The van der Waals surface area contributed by atoms with Crippen LogP contribution in [0, 0.1) is 0 Å². The van der Waals surface area contributed by atoms with Crippen molar-refractivity contribution in [3.63, 3.8) is 0 Å². The maximum absolute atomic E-state index is 6.79. The zero-order valence-electron chi connectivity index (χ0n) is 27.2. The predicted octanol–water partition coefficient (Wildman–Crippen LogP) is 11.9. The minimum atomic E-state index is -0.121. The molecule has 2 aliphatic heterocycles. The summed E-state index contributed by atoms with van der Waals surface area (Å²) >= 11 is 2.03. The summed E-state index contributed by atoms with van der Waals surface area (Å²) in [5, 5.41) is 6.59. The number of aryl methyl sites for hydroxylation is 1. The van der Waals surface area contributed by atoms with Gasteiger partial charge in [0.1, 0.15) is 0 Å². The molecule has 5 aromatic rings. The summed E-state index contributed by atoms with van der Waals surface area (Å²) in [7, 11) is 0. The van der Waals surface area contributed by atoms with Gasteiger partial charge in [0.25, 0.3) is 0 Å². The van der Waals surface area contributed by atoms with Crippen molar-refractivity contribution >= 4 is 51.2 Å². The van der Waals surface area contributed by atoms with E-state index in [9.17, 15) is 0 Å². The van der Waals surface area contributed by atoms with Crippen LogP contribution in [0.5, 0.6) is 5.75 Å². The molecule has 4 heteroatoms. The molecule has 0 aromatic heterocycles. The van der Waals surface area contributed by atoms with Crippen LogP contribution in [-0.2, 0) is 6.42 Å². The predicted molar refractivity (Wildman–Crippen MR) is 207 cm³/mol. The molecule has 5 aromatic carbocycles. The number of allylic oxidation sites excluding steroid dienone is 7. The van der Waals surface area contributed by atoms with Gasteiger partial charge in [-0.3, -0.25) is 0 Å². The highest BCUT2D eigenvalue weighted by Gasteiger charge is 2.33. The smallest absolute Gasteiger partial charge is 0.192 e. The summed E-state index contributed by atoms with van der Waals surface area (Å²) in [5.41, 5.74) is 14.1. The molecule has 0 amide bonds. The number of nitrogens with one attached hydrogen (secondary N) is 1. The van der Waals surface area contributed by atoms with Crippen LogP contribution < -0.4 is 15.0 Å². The van der Waals surface area contributed by atoms with Gasteiger partial charge < -0.3 is 15.0 Å². The monoisotopic (exact) mass is 652 g/mol. The Hall–Kier alpha value is -5.19. The first-order valence-corrected chi connectivity index (χ1v) is 18.4. The number of hydrogen-bond acceptors (Lipinski definition) is 4. The van der Waals surface area contributed by atoms with Crippen LogP contribution in [-0.4, -0.2) is 11.5 Å². The lowest BCUT2D eigenvalue weighted by Crippen LogP contribution is -2.23. The van der Waals surface area contributed by atoms with Gasteiger partial charge in [-0.25, -0.2) is 0 Å². The molecule has 0 radical (unpaired) electrons. The molecule has 238 valence electrons. The normalized spacial score (nSPS) is 19.9. The minimum absolute atomic E-state index is 0.121. The molecule has 3 aliphatic carbocycles. The van der Waals surface area contributed by atoms with Crippen LogP contribution in [0.1, 0.15) is 42.4 Å². The lowest BCUT2D eigenvalue weighted by Gasteiger charge is -2.32. The summed E-state index contributed by atoms with van der Waals surface area (Å²) in [6, 6.07) is 35.7. The van der Waals surface area contributed by atoms with Crippen molar-refractivity contribution in [3.8, 4) is 16.9 Å². The first kappa shape index (κ1) is 28.8. The van der Waals surface area contributed by atoms with Gasteiger partial charge in [0, 0.05) is 26.9 Å². The number of ether oxygens (including phenoxy) is 1. The number of hydrogen-bond donors (Lipinski definition) is 1. The third-order valence-corrected chi connectivity index (χ3v) is 12.0. The molecule has 2 unspecified atom stereocenters. The van der Waals surface area contributed by atoms with Gasteiger partial charge in [-0.15, -0.1) is 11.8 Å².